The summed E-state index contributed by atoms with van der Waals surface area (Å²) in [4.78, 5) is 39.3. The van der Waals surface area contributed by atoms with Crippen LogP contribution in [-0.4, -0.2) is 46.9 Å². The molecule has 0 spiro atoms. The van der Waals surface area contributed by atoms with Gasteiger partial charge < -0.3 is 4.74 Å². The first kappa shape index (κ1) is 14.7. The summed E-state index contributed by atoms with van der Waals surface area (Å²) < 4.78 is 5.27. The summed E-state index contributed by atoms with van der Waals surface area (Å²) in [7, 11) is 0. The van der Waals surface area contributed by atoms with Crippen molar-refractivity contribution >= 4 is 17.8 Å². The van der Waals surface area contributed by atoms with E-state index in [1.165, 1.54) is 9.80 Å². The van der Waals surface area contributed by atoms with Crippen LogP contribution in [0.25, 0.3) is 0 Å². The van der Waals surface area contributed by atoms with E-state index in [-0.39, 0.29) is 19.0 Å². The molecule has 0 aliphatic carbocycles. The van der Waals surface area contributed by atoms with Gasteiger partial charge in [-0.05, 0) is 18.4 Å². The monoisotopic (exact) mass is 302 g/mol. The molecule has 0 atom stereocenters. The van der Waals surface area contributed by atoms with Crippen molar-refractivity contribution in [2.24, 2.45) is 0 Å². The number of barbiturate groups is 1. The van der Waals surface area contributed by atoms with Crippen LogP contribution in [0.15, 0.2) is 30.3 Å². The number of ether oxygens (including phenoxy) is 1. The minimum Gasteiger partial charge on any atom is -0.381 e. The van der Waals surface area contributed by atoms with Crippen LogP contribution >= 0.6 is 0 Å². The molecule has 22 heavy (non-hydrogen) atoms. The van der Waals surface area contributed by atoms with Crippen LogP contribution in [0.1, 0.15) is 24.8 Å². The Morgan fingerprint density at radius 1 is 1.00 bits per heavy atom. The Balaban J connectivity index is 1.79. The molecule has 2 fully saturated rings. The summed E-state index contributed by atoms with van der Waals surface area (Å²) in [5.41, 5.74) is 0.866. The molecule has 0 N–H and O–H groups in total. The van der Waals surface area contributed by atoms with Crippen LogP contribution in [0.3, 0.4) is 0 Å². The number of carbonyl (C=O) groups excluding carboxylic acids is 3. The van der Waals surface area contributed by atoms with E-state index in [9.17, 15) is 14.4 Å². The molecule has 0 bridgehead atoms. The third-order valence-electron chi connectivity index (χ3n) is 4.05. The van der Waals surface area contributed by atoms with Gasteiger partial charge in [0.15, 0.2) is 0 Å². The summed E-state index contributed by atoms with van der Waals surface area (Å²) in [6, 6.07) is 8.63. The van der Waals surface area contributed by atoms with Gasteiger partial charge >= 0.3 is 6.03 Å². The molecule has 116 valence electrons. The predicted molar refractivity (Wildman–Crippen MR) is 77.7 cm³/mol. The van der Waals surface area contributed by atoms with Gasteiger partial charge in [0.1, 0.15) is 6.42 Å². The molecule has 2 aliphatic heterocycles. The van der Waals surface area contributed by atoms with Gasteiger partial charge in [0.05, 0.1) is 6.54 Å². The van der Waals surface area contributed by atoms with E-state index < -0.39 is 17.8 Å². The maximum absolute atomic E-state index is 12.6. The highest BCUT2D eigenvalue weighted by molar-refractivity contribution is 6.14. The average Bonchev–Trinajstić information content (AvgIpc) is 2.53. The summed E-state index contributed by atoms with van der Waals surface area (Å²) in [5, 5.41) is 0. The molecule has 0 radical (unpaired) electrons. The highest BCUT2D eigenvalue weighted by atomic mass is 16.5. The summed E-state index contributed by atoms with van der Waals surface area (Å²) in [6.45, 7) is 1.27. The molecular weight excluding hydrogens is 284 g/mol. The number of benzene rings is 1. The maximum Gasteiger partial charge on any atom is 0.333 e. The van der Waals surface area contributed by atoms with E-state index in [0.717, 1.165) is 5.56 Å². The molecule has 2 aliphatic rings. The van der Waals surface area contributed by atoms with Crippen molar-refractivity contribution in [2.75, 3.05) is 13.2 Å². The van der Waals surface area contributed by atoms with Crippen LogP contribution in [0.4, 0.5) is 4.79 Å². The molecule has 2 saturated heterocycles. The summed E-state index contributed by atoms with van der Waals surface area (Å²) in [6.07, 6.45) is 1.02. The average molecular weight is 302 g/mol. The Kier molecular flexibility index (Phi) is 4.20. The Morgan fingerprint density at radius 2 is 1.68 bits per heavy atom. The molecule has 6 nitrogen and oxygen atoms in total. The highest BCUT2D eigenvalue weighted by Gasteiger charge is 2.41. The van der Waals surface area contributed by atoms with Gasteiger partial charge in [-0.1, -0.05) is 30.3 Å². The van der Waals surface area contributed by atoms with Gasteiger partial charge in [-0.15, -0.1) is 0 Å². The van der Waals surface area contributed by atoms with Gasteiger partial charge in [-0.2, -0.15) is 0 Å². The van der Waals surface area contributed by atoms with Crippen LogP contribution in [0.5, 0.6) is 0 Å². The van der Waals surface area contributed by atoms with Crippen molar-refractivity contribution in [2.45, 2.75) is 31.8 Å². The molecule has 0 unspecified atom stereocenters. The van der Waals surface area contributed by atoms with Crippen LogP contribution in [0, 0.1) is 0 Å². The lowest BCUT2D eigenvalue weighted by Gasteiger charge is -2.38. The SMILES string of the molecule is O=C1CC(=O)N(C2CCOCC2)C(=O)N1Cc1ccccc1. The van der Waals surface area contributed by atoms with Gasteiger partial charge in [0.25, 0.3) is 0 Å². The number of hydrogen-bond donors (Lipinski definition) is 0. The number of carbonyl (C=O) groups is 3. The zero-order chi connectivity index (χ0) is 15.5. The van der Waals surface area contributed by atoms with Gasteiger partial charge in [0.2, 0.25) is 11.8 Å². The van der Waals surface area contributed by atoms with Gasteiger partial charge in [0, 0.05) is 19.3 Å². The van der Waals surface area contributed by atoms with E-state index in [0.29, 0.717) is 26.1 Å². The molecule has 1 aromatic rings. The van der Waals surface area contributed by atoms with E-state index in [1.54, 1.807) is 0 Å². The lowest BCUT2D eigenvalue weighted by molar-refractivity contribution is -0.145. The molecule has 1 aromatic carbocycles. The maximum atomic E-state index is 12.6. The van der Waals surface area contributed by atoms with Crippen molar-refractivity contribution in [3.63, 3.8) is 0 Å². The number of nitrogens with zero attached hydrogens (tertiary/aromatic N) is 2. The van der Waals surface area contributed by atoms with Crippen molar-refractivity contribution < 1.29 is 19.1 Å². The smallest absolute Gasteiger partial charge is 0.333 e. The third kappa shape index (κ3) is 2.87. The van der Waals surface area contributed by atoms with Crippen LogP contribution in [-0.2, 0) is 20.9 Å². The fourth-order valence-electron chi connectivity index (χ4n) is 2.88. The number of amides is 4. The standard InChI is InChI=1S/C16H18N2O4/c19-14-10-15(20)18(13-6-8-22-9-7-13)16(21)17(14)11-12-4-2-1-3-5-12/h1-5,13H,6-11H2. The second-order valence-electron chi connectivity index (χ2n) is 5.53. The number of hydrogen-bond acceptors (Lipinski definition) is 4. The first-order chi connectivity index (χ1) is 10.7. The van der Waals surface area contributed by atoms with Crippen LogP contribution in [0.2, 0.25) is 0 Å². The lowest BCUT2D eigenvalue weighted by atomic mass is 10.1. The molecule has 0 saturated carbocycles. The summed E-state index contributed by atoms with van der Waals surface area (Å²) in [5.74, 6) is -0.826. The largest absolute Gasteiger partial charge is 0.381 e. The normalized spacial score (nSPS) is 20.6. The van der Waals surface area contributed by atoms with Crippen molar-refractivity contribution in [1.82, 2.24) is 9.80 Å². The zero-order valence-electron chi connectivity index (χ0n) is 12.2. The molecule has 4 amide bonds. The molecular formula is C16H18N2O4. The minimum absolute atomic E-state index is 0.167. The van der Waals surface area contributed by atoms with Gasteiger partial charge in [-0.25, -0.2) is 4.79 Å². The Morgan fingerprint density at radius 3 is 2.36 bits per heavy atom. The Labute approximate surface area is 128 Å². The van der Waals surface area contributed by atoms with Crippen molar-refractivity contribution in [1.29, 1.82) is 0 Å². The van der Waals surface area contributed by atoms with Gasteiger partial charge in [-0.3, -0.25) is 19.4 Å². The summed E-state index contributed by atoms with van der Waals surface area (Å²) >= 11 is 0. The van der Waals surface area contributed by atoms with Crippen molar-refractivity contribution in [3.05, 3.63) is 35.9 Å². The molecule has 0 aromatic heterocycles. The number of imide groups is 2. The van der Waals surface area contributed by atoms with E-state index in [2.05, 4.69) is 0 Å². The quantitative estimate of drug-likeness (QED) is 0.795. The lowest BCUT2D eigenvalue weighted by Crippen LogP contribution is -2.58. The van der Waals surface area contributed by atoms with Crippen LogP contribution < -0.4 is 0 Å². The second-order valence-corrected chi connectivity index (χ2v) is 5.53. The Bertz CT molecular complexity index is 581. The number of urea groups is 1. The second kappa shape index (κ2) is 6.27. The molecule has 3 rings (SSSR count). The fraction of sp³-hybridized carbons (Fsp3) is 0.438. The first-order valence-corrected chi connectivity index (χ1v) is 7.45. The first-order valence-electron chi connectivity index (χ1n) is 7.45. The fourth-order valence-corrected chi connectivity index (χ4v) is 2.88. The van der Waals surface area contributed by atoms with E-state index >= 15 is 0 Å². The topological polar surface area (TPSA) is 66.9 Å². The van der Waals surface area contributed by atoms with E-state index in [4.69, 9.17) is 4.74 Å². The highest BCUT2D eigenvalue weighted by Crippen LogP contribution is 2.23. The Hall–Kier alpha value is -2.21. The molecule has 2 heterocycles. The van der Waals surface area contributed by atoms with E-state index in [1.807, 2.05) is 30.3 Å². The zero-order valence-corrected chi connectivity index (χ0v) is 12.2. The third-order valence-corrected chi connectivity index (χ3v) is 4.05. The number of rotatable bonds is 3. The molecule has 6 heteroatoms. The van der Waals surface area contributed by atoms with Crippen molar-refractivity contribution in [3.8, 4) is 0 Å². The predicted octanol–water partition coefficient (Wildman–Crippen LogP) is 1.55. The minimum atomic E-state index is -0.503.